The minimum Gasteiger partial charge on any atom is -0.356 e. The van der Waals surface area contributed by atoms with Gasteiger partial charge in [0.2, 0.25) is 5.91 Å². The number of alkyl halides is 3. The summed E-state index contributed by atoms with van der Waals surface area (Å²) in [7, 11) is 0. The lowest BCUT2D eigenvalue weighted by Crippen LogP contribution is -2.34. The van der Waals surface area contributed by atoms with Crippen molar-refractivity contribution in [1.82, 2.24) is 10.3 Å². The van der Waals surface area contributed by atoms with Crippen molar-refractivity contribution in [3.05, 3.63) is 23.9 Å². The van der Waals surface area contributed by atoms with E-state index < -0.39 is 11.9 Å². The molecule has 0 spiro atoms. The van der Waals surface area contributed by atoms with Gasteiger partial charge in [-0.25, -0.2) is 4.98 Å². The molecule has 1 N–H and O–H groups in total. The molecule has 1 aliphatic carbocycles. The molecule has 2 heterocycles. The van der Waals surface area contributed by atoms with Gasteiger partial charge >= 0.3 is 6.18 Å². The summed E-state index contributed by atoms with van der Waals surface area (Å²) in [5, 5.41) is 2.94. The fourth-order valence-electron chi connectivity index (χ4n) is 2.49. The van der Waals surface area contributed by atoms with Crippen LogP contribution in [-0.4, -0.2) is 30.0 Å². The van der Waals surface area contributed by atoms with Gasteiger partial charge in [0, 0.05) is 19.1 Å². The number of hydrogen-bond acceptors (Lipinski definition) is 3. The monoisotopic (exact) mass is 299 g/mol. The molecule has 0 radical (unpaired) electrons. The Balaban J connectivity index is 1.66. The fraction of sp³-hybridized carbons (Fsp3) is 0.571. The smallest absolute Gasteiger partial charge is 0.356 e. The number of halogens is 3. The third-order valence-electron chi connectivity index (χ3n) is 3.83. The molecule has 1 aromatic rings. The van der Waals surface area contributed by atoms with E-state index in [9.17, 15) is 18.0 Å². The van der Waals surface area contributed by atoms with Crippen molar-refractivity contribution in [2.45, 2.75) is 31.5 Å². The Morgan fingerprint density at radius 3 is 2.71 bits per heavy atom. The second-order valence-electron chi connectivity index (χ2n) is 5.59. The molecule has 3 rings (SSSR count). The lowest BCUT2D eigenvalue weighted by molar-refractivity contribution is -0.141. The van der Waals surface area contributed by atoms with Crippen LogP contribution in [0.1, 0.15) is 25.0 Å². The highest BCUT2D eigenvalue weighted by Crippen LogP contribution is 2.30. The molecule has 21 heavy (non-hydrogen) atoms. The number of hydrogen-bond donors (Lipinski definition) is 1. The van der Waals surface area contributed by atoms with Gasteiger partial charge in [-0.05, 0) is 31.4 Å². The predicted octanol–water partition coefficient (Wildman–Crippen LogP) is 2.21. The maximum absolute atomic E-state index is 12.7. The van der Waals surface area contributed by atoms with Crippen LogP contribution < -0.4 is 10.2 Å². The molecule has 1 aliphatic heterocycles. The van der Waals surface area contributed by atoms with Gasteiger partial charge < -0.3 is 10.2 Å². The standard InChI is InChI=1S/C14H16F3N3O/c15-14(16,17)11-2-1-3-12(19-11)20-7-6-9(8-20)13(21)18-10-4-5-10/h1-3,9-10H,4-8H2,(H,18,21). The normalized spacial score (nSPS) is 22.4. The van der Waals surface area contributed by atoms with Gasteiger partial charge in [0.25, 0.3) is 0 Å². The van der Waals surface area contributed by atoms with E-state index in [1.807, 2.05) is 0 Å². The third-order valence-corrected chi connectivity index (χ3v) is 3.83. The number of amides is 1. The molecule has 1 unspecified atom stereocenters. The predicted molar refractivity (Wildman–Crippen MR) is 70.7 cm³/mol. The van der Waals surface area contributed by atoms with Crippen molar-refractivity contribution >= 4 is 11.7 Å². The van der Waals surface area contributed by atoms with Crippen LogP contribution in [0.3, 0.4) is 0 Å². The van der Waals surface area contributed by atoms with E-state index in [-0.39, 0.29) is 17.6 Å². The fourth-order valence-corrected chi connectivity index (χ4v) is 2.49. The van der Waals surface area contributed by atoms with Crippen molar-refractivity contribution in [2.75, 3.05) is 18.0 Å². The first-order valence-corrected chi connectivity index (χ1v) is 7.03. The molecule has 1 atom stereocenters. The van der Waals surface area contributed by atoms with E-state index >= 15 is 0 Å². The summed E-state index contributed by atoms with van der Waals surface area (Å²) in [5.41, 5.74) is -0.897. The van der Waals surface area contributed by atoms with E-state index in [1.165, 1.54) is 6.07 Å². The molecule has 1 amide bonds. The van der Waals surface area contributed by atoms with Crippen LogP contribution in [0, 0.1) is 5.92 Å². The second-order valence-corrected chi connectivity index (χ2v) is 5.59. The third kappa shape index (κ3) is 3.28. The molecule has 4 nitrogen and oxygen atoms in total. The molecular weight excluding hydrogens is 283 g/mol. The van der Waals surface area contributed by atoms with Gasteiger partial charge in [0.15, 0.2) is 0 Å². The average Bonchev–Trinajstić information content (AvgIpc) is 3.11. The van der Waals surface area contributed by atoms with Crippen molar-refractivity contribution in [3.8, 4) is 0 Å². The zero-order chi connectivity index (χ0) is 15.0. The summed E-state index contributed by atoms with van der Waals surface area (Å²) >= 11 is 0. The summed E-state index contributed by atoms with van der Waals surface area (Å²) in [6.07, 6.45) is -1.75. The highest BCUT2D eigenvalue weighted by molar-refractivity contribution is 5.80. The van der Waals surface area contributed by atoms with Gasteiger partial charge in [0.05, 0.1) is 5.92 Å². The van der Waals surface area contributed by atoms with Crippen molar-refractivity contribution in [3.63, 3.8) is 0 Å². The highest BCUT2D eigenvalue weighted by Gasteiger charge is 2.35. The van der Waals surface area contributed by atoms with Gasteiger partial charge in [0.1, 0.15) is 11.5 Å². The Morgan fingerprint density at radius 2 is 2.05 bits per heavy atom. The molecule has 7 heteroatoms. The van der Waals surface area contributed by atoms with Crippen LogP contribution in [0.15, 0.2) is 18.2 Å². The van der Waals surface area contributed by atoms with E-state index in [4.69, 9.17) is 0 Å². The number of carbonyl (C=O) groups is 1. The van der Waals surface area contributed by atoms with E-state index in [0.29, 0.717) is 25.6 Å². The van der Waals surface area contributed by atoms with E-state index in [0.717, 1.165) is 18.9 Å². The molecule has 1 saturated carbocycles. The molecule has 1 aromatic heterocycles. The Bertz CT molecular complexity index is 543. The van der Waals surface area contributed by atoms with Crippen LogP contribution in [0.2, 0.25) is 0 Å². The topological polar surface area (TPSA) is 45.2 Å². The van der Waals surface area contributed by atoms with E-state index in [1.54, 1.807) is 11.0 Å². The van der Waals surface area contributed by atoms with Crippen LogP contribution in [0.5, 0.6) is 0 Å². The van der Waals surface area contributed by atoms with Crippen molar-refractivity contribution in [2.24, 2.45) is 5.92 Å². The van der Waals surface area contributed by atoms with Crippen molar-refractivity contribution < 1.29 is 18.0 Å². The zero-order valence-corrected chi connectivity index (χ0v) is 11.4. The number of carbonyl (C=O) groups excluding carboxylic acids is 1. The zero-order valence-electron chi connectivity index (χ0n) is 11.4. The molecule has 0 aromatic carbocycles. The summed E-state index contributed by atoms with van der Waals surface area (Å²) in [6, 6.07) is 4.16. The Kier molecular flexibility index (Phi) is 3.51. The van der Waals surface area contributed by atoms with Crippen LogP contribution in [-0.2, 0) is 11.0 Å². The molecule has 2 aliphatic rings. The maximum atomic E-state index is 12.7. The Labute approximate surface area is 120 Å². The SMILES string of the molecule is O=C(NC1CC1)C1CCN(c2cccc(C(F)(F)F)n2)C1. The number of nitrogens with zero attached hydrogens (tertiary/aromatic N) is 2. The number of anilines is 1. The summed E-state index contributed by atoms with van der Waals surface area (Å²) in [4.78, 5) is 17.4. The van der Waals surface area contributed by atoms with Crippen molar-refractivity contribution in [1.29, 1.82) is 0 Å². The number of aromatic nitrogens is 1. The lowest BCUT2D eigenvalue weighted by atomic mass is 10.1. The average molecular weight is 299 g/mol. The molecular formula is C14H16F3N3O. The minimum atomic E-state index is -4.45. The van der Waals surface area contributed by atoms with Gasteiger partial charge in [-0.3, -0.25) is 4.79 Å². The number of pyridine rings is 1. The van der Waals surface area contributed by atoms with Gasteiger partial charge in [-0.1, -0.05) is 6.07 Å². The highest BCUT2D eigenvalue weighted by atomic mass is 19.4. The quantitative estimate of drug-likeness (QED) is 0.930. The summed E-state index contributed by atoms with van der Waals surface area (Å²) < 4.78 is 38.0. The minimum absolute atomic E-state index is 0.00646. The van der Waals surface area contributed by atoms with Crippen LogP contribution in [0.4, 0.5) is 19.0 Å². The summed E-state index contributed by atoms with van der Waals surface area (Å²) in [5.74, 6) is 0.125. The lowest BCUT2D eigenvalue weighted by Gasteiger charge is -2.18. The first kappa shape index (κ1) is 14.2. The summed E-state index contributed by atoms with van der Waals surface area (Å²) in [6.45, 7) is 0.976. The first-order chi connectivity index (χ1) is 9.93. The molecule has 114 valence electrons. The Hall–Kier alpha value is -1.79. The number of nitrogens with one attached hydrogen (secondary N) is 1. The maximum Gasteiger partial charge on any atom is 0.433 e. The largest absolute Gasteiger partial charge is 0.433 e. The van der Waals surface area contributed by atoms with Crippen LogP contribution in [0.25, 0.3) is 0 Å². The second kappa shape index (κ2) is 5.20. The van der Waals surface area contributed by atoms with Gasteiger partial charge in [-0.2, -0.15) is 13.2 Å². The van der Waals surface area contributed by atoms with Gasteiger partial charge in [-0.15, -0.1) is 0 Å². The molecule has 2 fully saturated rings. The first-order valence-electron chi connectivity index (χ1n) is 7.03. The molecule has 1 saturated heterocycles. The number of rotatable bonds is 3. The Morgan fingerprint density at radius 1 is 1.29 bits per heavy atom. The molecule has 0 bridgehead atoms. The van der Waals surface area contributed by atoms with E-state index in [2.05, 4.69) is 10.3 Å². The van der Waals surface area contributed by atoms with Crippen LogP contribution >= 0.6 is 0 Å².